The number of hydrogen-bond acceptors (Lipinski definition) is 4. The van der Waals surface area contributed by atoms with Crippen LogP contribution in [0.5, 0.6) is 0 Å². The van der Waals surface area contributed by atoms with Crippen LogP contribution < -0.4 is 5.32 Å². The minimum absolute atomic E-state index is 0.937. The molecule has 0 aliphatic heterocycles. The van der Waals surface area contributed by atoms with E-state index in [4.69, 9.17) is 0 Å². The highest BCUT2D eigenvalue weighted by Gasteiger charge is 2.13. The molecular weight excluding hydrogens is 302 g/mol. The fourth-order valence-corrected chi connectivity index (χ4v) is 3.29. The van der Waals surface area contributed by atoms with Gasteiger partial charge in [0, 0.05) is 30.1 Å². The molecule has 0 bridgehead atoms. The number of thiazole rings is 1. The van der Waals surface area contributed by atoms with E-state index in [1.807, 2.05) is 36.7 Å². The summed E-state index contributed by atoms with van der Waals surface area (Å²) in [5.41, 5.74) is 4.24. The second-order valence-electron chi connectivity index (χ2n) is 5.15. The highest BCUT2D eigenvalue weighted by atomic mass is 32.1. The Kier molecular flexibility index (Phi) is 4.83. The van der Waals surface area contributed by atoms with Gasteiger partial charge in [-0.2, -0.15) is 0 Å². The SMILES string of the molecule is C=Cc1ccccc1-c1ncccc1-c1cnc(NCCC)s1. The van der Waals surface area contributed by atoms with Crippen LogP contribution in [0.1, 0.15) is 18.9 Å². The van der Waals surface area contributed by atoms with Crippen LogP contribution >= 0.6 is 11.3 Å². The maximum absolute atomic E-state index is 4.62. The van der Waals surface area contributed by atoms with Crippen molar-refractivity contribution in [1.82, 2.24) is 9.97 Å². The quantitative estimate of drug-likeness (QED) is 0.666. The summed E-state index contributed by atoms with van der Waals surface area (Å²) in [5.74, 6) is 0. The highest BCUT2D eigenvalue weighted by molar-refractivity contribution is 7.18. The second-order valence-corrected chi connectivity index (χ2v) is 6.18. The number of anilines is 1. The van der Waals surface area contributed by atoms with Gasteiger partial charge in [-0.15, -0.1) is 0 Å². The number of nitrogens with zero attached hydrogens (tertiary/aromatic N) is 2. The fraction of sp³-hybridized carbons (Fsp3) is 0.158. The molecule has 0 radical (unpaired) electrons. The Hall–Kier alpha value is -2.46. The molecule has 3 aromatic rings. The number of pyridine rings is 1. The molecule has 3 rings (SSSR count). The summed E-state index contributed by atoms with van der Waals surface area (Å²) >= 11 is 1.66. The number of nitrogens with one attached hydrogen (secondary N) is 1. The molecule has 0 fully saturated rings. The van der Waals surface area contributed by atoms with Gasteiger partial charge in [0.2, 0.25) is 0 Å². The van der Waals surface area contributed by atoms with Crippen LogP contribution in [0.4, 0.5) is 5.13 Å². The van der Waals surface area contributed by atoms with Crippen LogP contribution in [0.15, 0.2) is 55.4 Å². The van der Waals surface area contributed by atoms with Crippen LogP contribution in [0.2, 0.25) is 0 Å². The zero-order valence-corrected chi connectivity index (χ0v) is 13.9. The standard InChI is InChI=1S/C19H19N3S/c1-3-11-21-19-22-13-17(23-19)16-10-7-12-20-18(16)15-9-6-5-8-14(15)4-2/h4-10,12-13H,2-3,11H2,1H3,(H,21,22). The predicted molar refractivity (Wildman–Crippen MR) is 99.7 cm³/mol. The third-order valence-corrected chi connectivity index (χ3v) is 4.53. The van der Waals surface area contributed by atoms with Gasteiger partial charge in [0.05, 0.1) is 10.6 Å². The minimum Gasteiger partial charge on any atom is -0.362 e. The number of benzene rings is 1. The number of aromatic nitrogens is 2. The van der Waals surface area contributed by atoms with Crippen molar-refractivity contribution in [3.05, 3.63) is 60.9 Å². The molecule has 1 N–H and O–H groups in total. The molecule has 4 heteroatoms. The lowest BCUT2D eigenvalue weighted by atomic mass is 10.00. The van der Waals surface area contributed by atoms with E-state index in [0.717, 1.165) is 45.4 Å². The maximum Gasteiger partial charge on any atom is 0.183 e. The molecule has 0 aliphatic rings. The molecule has 116 valence electrons. The van der Waals surface area contributed by atoms with Gasteiger partial charge in [-0.25, -0.2) is 4.98 Å². The smallest absolute Gasteiger partial charge is 0.183 e. The second kappa shape index (κ2) is 7.20. The van der Waals surface area contributed by atoms with Crippen molar-refractivity contribution in [2.24, 2.45) is 0 Å². The van der Waals surface area contributed by atoms with Gasteiger partial charge in [0.25, 0.3) is 0 Å². The number of rotatable bonds is 6. The zero-order valence-electron chi connectivity index (χ0n) is 13.1. The topological polar surface area (TPSA) is 37.8 Å². The van der Waals surface area contributed by atoms with E-state index in [-0.39, 0.29) is 0 Å². The average molecular weight is 321 g/mol. The Labute approximate surface area is 140 Å². The normalized spacial score (nSPS) is 10.5. The van der Waals surface area contributed by atoms with Crippen molar-refractivity contribution < 1.29 is 0 Å². The first-order valence-electron chi connectivity index (χ1n) is 7.70. The lowest BCUT2D eigenvalue weighted by Gasteiger charge is -2.09. The first-order chi connectivity index (χ1) is 11.3. The van der Waals surface area contributed by atoms with Crippen molar-refractivity contribution in [2.75, 3.05) is 11.9 Å². The van der Waals surface area contributed by atoms with Gasteiger partial charge in [-0.05, 0) is 24.1 Å². The van der Waals surface area contributed by atoms with Crippen molar-refractivity contribution in [1.29, 1.82) is 0 Å². The van der Waals surface area contributed by atoms with Gasteiger partial charge in [-0.1, -0.05) is 55.2 Å². The molecule has 0 amide bonds. The van der Waals surface area contributed by atoms with E-state index in [1.165, 1.54) is 0 Å². The van der Waals surface area contributed by atoms with Crippen molar-refractivity contribution in [2.45, 2.75) is 13.3 Å². The van der Waals surface area contributed by atoms with Crippen LogP contribution in [0.3, 0.4) is 0 Å². The van der Waals surface area contributed by atoms with E-state index < -0.39 is 0 Å². The Bertz CT molecular complexity index is 808. The monoisotopic (exact) mass is 321 g/mol. The van der Waals surface area contributed by atoms with Crippen LogP contribution in [-0.4, -0.2) is 16.5 Å². The van der Waals surface area contributed by atoms with E-state index in [1.54, 1.807) is 11.3 Å². The average Bonchev–Trinajstić information content (AvgIpc) is 3.08. The van der Waals surface area contributed by atoms with Crippen molar-refractivity contribution >= 4 is 22.5 Å². The molecule has 0 unspecified atom stereocenters. The summed E-state index contributed by atoms with van der Waals surface area (Å²) in [6.07, 6.45) is 6.70. The Morgan fingerprint density at radius 1 is 1.13 bits per heavy atom. The molecule has 2 heterocycles. The molecule has 2 aromatic heterocycles. The summed E-state index contributed by atoms with van der Waals surface area (Å²) in [4.78, 5) is 10.2. The van der Waals surface area contributed by atoms with Crippen molar-refractivity contribution in [3.8, 4) is 21.7 Å². The first-order valence-corrected chi connectivity index (χ1v) is 8.52. The van der Waals surface area contributed by atoms with Gasteiger partial charge >= 0.3 is 0 Å². The van der Waals surface area contributed by atoms with Crippen LogP contribution in [0, 0.1) is 0 Å². The first kappa shape index (κ1) is 15.4. The van der Waals surface area contributed by atoms with E-state index in [0.29, 0.717) is 0 Å². The maximum atomic E-state index is 4.62. The van der Waals surface area contributed by atoms with Gasteiger partial charge in [-0.3, -0.25) is 4.98 Å². The zero-order chi connectivity index (χ0) is 16.1. The molecule has 3 nitrogen and oxygen atoms in total. The molecule has 0 spiro atoms. The lowest BCUT2D eigenvalue weighted by Crippen LogP contribution is -1.97. The van der Waals surface area contributed by atoms with E-state index >= 15 is 0 Å². The van der Waals surface area contributed by atoms with Gasteiger partial charge in [0.1, 0.15) is 0 Å². The predicted octanol–water partition coefficient (Wildman–Crippen LogP) is 5.34. The Morgan fingerprint density at radius 3 is 2.78 bits per heavy atom. The summed E-state index contributed by atoms with van der Waals surface area (Å²) in [7, 11) is 0. The Balaban J connectivity index is 2.04. The summed E-state index contributed by atoms with van der Waals surface area (Å²) in [6.45, 7) is 6.99. The van der Waals surface area contributed by atoms with E-state index in [9.17, 15) is 0 Å². The summed E-state index contributed by atoms with van der Waals surface area (Å²) in [5, 5.41) is 4.29. The minimum atomic E-state index is 0.937. The summed E-state index contributed by atoms with van der Waals surface area (Å²) < 4.78 is 0. The molecule has 0 aliphatic carbocycles. The lowest BCUT2D eigenvalue weighted by molar-refractivity contribution is 0.976. The van der Waals surface area contributed by atoms with Gasteiger partial charge < -0.3 is 5.32 Å². The summed E-state index contributed by atoms with van der Waals surface area (Å²) in [6, 6.07) is 12.2. The molecule has 23 heavy (non-hydrogen) atoms. The Morgan fingerprint density at radius 2 is 1.96 bits per heavy atom. The highest BCUT2D eigenvalue weighted by Crippen LogP contribution is 2.36. The molecular formula is C19H19N3S. The van der Waals surface area contributed by atoms with Crippen molar-refractivity contribution in [3.63, 3.8) is 0 Å². The molecule has 1 aromatic carbocycles. The molecule has 0 atom stereocenters. The largest absolute Gasteiger partial charge is 0.362 e. The third-order valence-electron chi connectivity index (χ3n) is 3.54. The third kappa shape index (κ3) is 3.32. The molecule has 0 saturated heterocycles. The van der Waals surface area contributed by atoms with Gasteiger partial charge in [0.15, 0.2) is 5.13 Å². The van der Waals surface area contributed by atoms with Crippen LogP contribution in [-0.2, 0) is 0 Å². The van der Waals surface area contributed by atoms with E-state index in [2.05, 4.69) is 47.0 Å². The van der Waals surface area contributed by atoms with Crippen LogP contribution in [0.25, 0.3) is 27.8 Å². The fourth-order valence-electron chi connectivity index (χ4n) is 2.42. The molecule has 0 saturated carbocycles. The number of hydrogen-bond donors (Lipinski definition) is 1.